The van der Waals surface area contributed by atoms with Gasteiger partial charge in [0.15, 0.2) is 5.78 Å². The number of hydrogen-bond donors (Lipinski definition) is 1. The van der Waals surface area contributed by atoms with E-state index in [1.165, 1.54) is 19.3 Å². The number of hydrogen-bond acceptors (Lipinski definition) is 2. The quantitative estimate of drug-likeness (QED) is 0.760. The van der Waals surface area contributed by atoms with Crippen LogP contribution in [0.3, 0.4) is 0 Å². The number of ketones is 1. The fourth-order valence-electron chi connectivity index (χ4n) is 2.68. The molecule has 0 aliphatic heterocycles. The first kappa shape index (κ1) is 12.7. The highest BCUT2D eigenvalue weighted by molar-refractivity contribution is 5.86. The van der Waals surface area contributed by atoms with Crippen molar-refractivity contribution in [2.45, 2.75) is 64.8 Å². The Morgan fingerprint density at radius 3 is 2.73 bits per heavy atom. The molecule has 0 aromatic carbocycles. The van der Waals surface area contributed by atoms with Gasteiger partial charge in [0, 0.05) is 5.92 Å². The highest BCUT2D eigenvalue weighted by Crippen LogP contribution is 2.32. The van der Waals surface area contributed by atoms with Crippen LogP contribution in [-0.2, 0) is 4.79 Å². The highest BCUT2D eigenvalue weighted by atomic mass is 16.1. The molecule has 0 aromatic rings. The average molecular weight is 211 g/mol. The Balaban J connectivity index is 2.44. The molecule has 2 N–H and O–H groups in total. The molecular weight excluding hydrogens is 186 g/mol. The topological polar surface area (TPSA) is 43.1 Å². The summed E-state index contributed by atoms with van der Waals surface area (Å²) in [5.74, 6) is 1.36. The number of Topliss-reactive ketones (excluding diaryl/α,β-unsaturated/α-hetero) is 1. The smallest absolute Gasteiger partial charge is 0.152 e. The summed E-state index contributed by atoms with van der Waals surface area (Å²) in [7, 11) is 0. The first-order chi connectivity index (χ1) is 7.19. The van der Waals surface area contributed by atoms with Gasteiger partial charge in [-0.2, -0.15) is 0 Å². The van der Waals surface area contributed by atoms with Crippen LogP contribution in [0.4, 0.5) is 0 Å². The Kier molecular flexibility index (Phi) is 5.30. The molecule has 0 radical (unpaired) electrons. The normalized spacial score (nSPS) is 28.7. The van der Waals surface area contributed by atoms with E-state index in [9.17, 15) is 4.79 Å². The van der Waals surface area contributed by atoms with Crippen LogP contribution in [0.15, 0.2) is 0 Å². The van der Waals surface area contributed by atoms with Crippen molar-refractivity contribution in [1.82, 2.24) is 0 Å². The Hall–Kier alpha value is -0.370. The fraction of sp³-hybridized carbons (Fsp3) is 0.923. The second kappa shape index (κ2) is 6.26. The van der Waals surface area contributed by atoms with E-state index in [1.807, 2.05) is 0 Å². The number of rotatable bonds is 5. The van der Waals surface area contributed by atoms with Crippen LogP contribution in [0, 0.1) is 11.8 Å². The van der Waals surface area contributed by atoms with Crippen LogP contribution in [-0.4, -0.2) is 11.8 Å². The van der Waals surface area contributed by atoms with E-state index in [0.29, 0.717) is 5.78 Å². The fourth-order valence-corrected chi connectivity index (χ4v) is 2.68. The Morgan fingerprint density at radius 2 is 2.13 bits per heavy atom. The largest absolute Gasteiger partial charge is 0.321 e. The maximum absolute atomic E-state index is 12.0. The summed E-state index contributed by atoms with van der Waals surface area (Å²) in [5.41, 5.74) is 5.90. The van der Waals surface area contributed by atoms with Crippen LogP contribution in [0.25, 0.3) is 0 Å². The maximum atomic E-state index is 12.0. The molecule has 0 aromatic heterocycles. The molecule has 3 unspecified atom stereocenters. The van der Waals surface area contributed by atoms with Gasteiger partial charge >= 0.3 is 0 Å². The van der Waals surface area contributed by atoms with Gasteiger partial charge in [0.2, 0.25) is 0 Å². The molecule has 2 heteroatoms. The zero-order chi connectivity index (χ0) is 11.3. The molecule has 0 amide bonds. The lowest BCUT2D eigenvalue weighted by Gasteiger charge is -2.29. The average Bonchev–Trinajstić information content (AvgIpc) is 2.28. The molecule has 15 heavy (non-hydrogen) atoms. The molecular formula is C13H25NO. The van der Waals surface area contributed by atoms with Crippen LogP contribution in [0.2, 0.25) is 0 Å². The number of carbonyl (C=O) groups is 1. The Morgan fingerprint density at radius 1 is 1.40 bits per heavy atom. The molecule has 1 fully saturated rings. The third kappa shape index (κ3) is 3.60. The molecule has 0 spiro atoms. The third-order valence-electron chi connectivity index (χ3n) is 3.73. The van der Waals surface area contributed by atoms with Gasteiger partial charge in [-0.1, -0.05) is 39.5 Å². The van der Waals surface area contributed by atoms with Crippen molar-refractivity contribution >= 4 is 5.78 Å². The molecule has 1 aliphatic carbocycles. The summed E-state index contributed by atoms with van der Waals surface area (Å²) >= 11 is 0. The minimum Gasteiger partial charge on any atom is -0.321 e. The summed E-state index contributed by atoms with van der Waals surface area (Å²) in [6, 6.07) is -0.199. The molecule has 0 heterocycles. The molecule has 3 atom stereocenters. The zero-order valence-electron chi connectivity index (χ0n) is 10.2. The van der Waals surface area contributed by atoms with Crippen molar-refractivity contribution in [2.24, 2.45) is 17.6 Å². The van der Waals surface area contributed by atoms with E-state index in [0.717, 1.165) is 31.6 Å². The van der Waals surface area contributed by atoms with E-state index in [4.69, 9.17) is 5.73 Å². The molecule has 1 aliphatic rings. The molecule has 88 valence electrons. The first-order valence-electron chi connectivity index (χ1n) is 6.48. The van der Waals surface area contributed by atoms with Gasteiger partial charge in [-0.25, -0.2) is 0 Å². The predicted molar refractivity (Wildman–Crippen MR) is 63.6 cm³/mol. The van der Waals surface area contributed by atoms with Gasteiger partial charge in [0.1, 0.15) is 0 Å². The Labute approximate surface area is 93.6 Å². The number of nitrogens with two attached hydrogens (primary N) is 1. The van der Waals surface area contributed by atoms with Crippen molar-refractivity contribution in [3.63, 3.8) is 0 Å². The van der Waals surface area contributed by atoms with Crippen LogP contribution < -0.4 is 5.73 Å². The van der Waals surface area contributed by atoms with Gasteiger partial charge in [-0.05, 0) is 25.2 Å². The lowest BCUT2D eigenvalue weighted by molar-refractivity contribution is -0.125. The minimum atomic E-state index is -0.199. The van der Waals surface area contributed by atoms with Crippen molar-refractivity contribution in [3.05, 3.63) is 0 Å². The predicted octanol–water partition coefficient (Wildman–Crippen LogP) is 2.90. The minimum absolute atomic E-state index is 0.199. The zero-order valence-corrected chi connectivity index (χ0v) is 10.2. The van der Waals surface area contributed by atoms with Gasteiger partial charge in [-0.15, -0.1) is 0 Å². The molecule has 0 saturated heterocycles. The van der Waals surface area contributed by atoms with Crippen LogP contribution in [0.5, 0.6) is 0 Å². The number of carbonyl (C=O) groups excluding carboxylic acids is 1. The second-order valence-electron chi connectivity index (χ2n) is 4.94. The monoisotopic (exact) mass is 211 g/mol. The second-order valence-corrected chi connectivity index (χ2v) is 4.94. The van der Waals surface area contributed by atoms with Crippen molar-refractivity contribution in [3.8, 4) is 0 Å². The van der Waals surface area contributed by atoms with Crippen molar-refractivity contribution < 1.29 is 4.79 Å². The van der Waals surface area contributed by atoms with Gasteiger partial charge in [0.25, 0.3) is 0 Å². The summed E-state index contributed by atoms with van der Waals surface area (Å²) in [5, 5.41) is 0. The van der Waals surface area contributed by atoms with E-state index in [1.54, 1.807) is 0 Å². The van der Waals surface area contributed by atoms with Crippen molar-refractivity contribution in [2.75, 3.05) is 0 Å². The molecule has 1 saturated carbocycles. The van der Waals surface area contributed by atoms with Crippen LogP contribution >= 0.6 is 0 Å². The van der Waals surface area contributed by atoms with Gasteiger partial charge < -0.3 is 5.73 Å². The lowest BCUT2D eigenvalue weighted by atomic mass is 9.76. The SMILES string of the molecule is CCCC(N)C(=O)C1CCCC(CC)C1. The van der Waals surface area contributed by atoms with Crippen molar-refractivity contribution in [1.29, 1.82) is 0 Å². The Bertz CT molecular complexity index is 203. The standard InChI is InChI=1S/C13H25NO/c1-3-6-12(14)13(15)11-8-5-7-10(4-2)9-11/h10-12H,3-9,14H2,1-2H3. The van der Waals surface area contributed by atoms with E-state index >= 15 is 0 Å². The third-order valence-corrected chi connectivity index (χ3v) is 3.73. The first-order valence-corrected chi connectivity index (χ1v) is 6.48. The summed E-state index contributed by atoms with van der Waals surface area (Å²) in [6.45, 7) is 4.31. The van der Waals surface area contributed by atoms with E-state index in [-0.39, 0.29) is 12.0 Å². The van der Waals surface area contributed by atoms with Crippen LogP contribution in [0.1, 0.15) is 58.8 Å². The highest BCUT2D eigenvalue weighted by Gasteiger charge is 2.28. The summed E-state index contributed by atoms with van der Waals surface area (Å²) < 4.78 is 0. The maximum Gasteiger partial charge on any atom is 0.152 e. The molecule has 1 rings (SSSR count). The molecule has 0 bridgehead atoms. The van der Waals surface area contributed by atoms with Gasteiger partial charge in [0.05, 0.1) is 6.04 Å². The summed E-state index contributed by atoms with van der Waals surface area (Å²) in [4.78, 5) is 12.0. The molecule has 2 nitrogen and oxygen atoms in total. The van der Waals surface area contributed by atoms with Gasteiger partial charge in [-0.3, -0.25) is 4.79 Å². The lowest BCUT2D eigenvalue weighted by Crippen LogP contribution is -2.37. The van der Waals surface area contributed by atoms with E-state index in [2.05, 4.69) is 13.8 Å². The van der Waals surface area contributed by atoms with E-state index < -0.39 is 0 Å². The summed E-state index contributed by atoms with van der Waals surface area (Å²) in [6.07, 6.45) is 7.77.